The summed E-state index contributed by atoms with van der Waals surface area (Å²) in [6, 6.07) is 2.25. The molecule has 0 aliphatic heterocycles. The average Bonchev–Trinajstić information content (AvgIpc) is 2.30. The maximum absolute atomic E-state index is 13.4. The number of nitro benzene ring substituents is 1. The van der Waals surface area contributed by atoms with Crippen molar-refractivity contribution < 1.29 is 14.1 Å². The van der Waals surface area contributed by atoms with Crippen LogP contribution in [0.2, 0.25) is 0 Å². The van der Waals surface area contributed by atoms with Crippen LogP contribution in [0.4, 0.5) is 15.8 Å². The molecule has 0 radical (unpaired) electrons. The zero-order chi connectivity index (χ0) is 13.0. The molecule has 7 heteroatoms. The minimum Gasteiger partial charge on any atom is -0.322 e. The number of anilines is 1. The van der Waals surface area contributed by atoms with E-state index in [0.29, 0.717) is 6.42 Å². The van der Waals surface area contributed by atoms with Crippen molar-refractivity contribution in [3.8, 4) is 0 Å². The molecule has 17 heavy (non-hydrogen) atoms. The van der Waals surface area contributed by atoms with Crippen LogP contribution in [-0.4, -0.2) is 16.9 Å². The van der Waals surface area contributed by atoms with E-state index in [2.05, 4.69) is 5.32 Å². The number of halogens is 1. The number of carbonyl (C=O) groups excluding carboxylic acids is 1. The van der Waals surface area contributed by atoms with Crippen molar-refractivity contribution in [2.75, 3.05) is 5.32 Å². The predicted octanol–water partition coefficient (Wildman–Crippen LogP) is 1.41. The Balaban J connectivity index is 2.86. The highest BCUT2D eigenvalue weighted by Crippen LogP contribution is 2.20. The zero-order valence-corrected chi connectivity index (χ0v) is 9.14. The van der Waals surface area contributed by atoms with Crippen LogP contribution >= 0.6 is 0 Å². The third-order valence-corrected chi connectivity index (χ3v) is 2.20. The molecule has 0 saturated heterocycles. The summed E-state index contributed by atoms with van der Waals surface area (Å²) in [6.45, 7) is 1.72. The summed E-state index contributed by atoms with van der Waals surface area (Å²) in [5.74, 6) is -1.39. The standard InChI is InChI=1S/C10H12FN3O3/c1-2-8(12)10(15)13-9-4-3-6(14(16)17)5-7(9)11/h3-5,8H,2,12H2,1H3,(H,13,15). The summed E-state index contributed by atoms with van der Waals surface area (Å²) in [4.78, 5) is 21.0. The molecule has 1 atom stereocenters. The van der Waals surface area contributed by atoms with Crippen LogP contribution in [-0.2, 0) is 4.79 Å². The van der Waals surface area contributed by atoms with Gasteiger partial charge >= 0.3 is 0 Å². The number of hydrogen-bond acceptors (Lipinski definition) is 4. The molecule has 1 aromatic rings. The monoisotopic (exact) mass is 241 g/mol. The molecule has 0 heterocycles. The Bertz CT molecular complexity index is 450. The summed E-state index contributed by atoms with van der Waals surface area (Å²) >= 11 is 0. The molecule has 0 fully saturated rings. The molecule has 0 spiro atoms. The number of hydrogen-bond donors (Lipinski definition) is 2. The lowest BCUT2D eigenvalue weighted by atomic mass is 10.2. The number of amides is 1. The van der Waals surface area contributed by atoms with E-state index < -0.39 is 22.7 Å². The molecule has 0 saturated carbocycles. The minimum atomic E-state index is -0.865. The summed E-state index contributed by atoms with van der Waals surface area (Å²) in [6.07, 6.45) is 0.417. The van der Waals surface area contributed by atoms with Crippen LogP contribution in [0, 0.1) is 15.9 Å². The number of rotatable bonds is 4. The molecule has 0 aliphatic rings. The molecule has 0 aromatic heterocycles. The fourth-order valence-corrected chi connectivity index (χ4v) is 1.13. The second kappa shape index (κ2) is 5.35. The molecule has 0 bridgehead atoms. The van der Waals surface area contributed by atoms with Crippen molar-refractivity contribution >= 4 is 17.3 Å². The van der Waals surface area contributed by atoms with Gasteiger partial charge in [-0.25, -0.2) is 4.39 Å². The van der Waals surface area contributed by atoms with E-state index in [9.17, 15) is 19.3 Å². The Hall–Kier alpha value is -2.02. The first-order chi connectivity index (χ1) is 7.95. The Morgan fingerprint density at radius 3 is 2.76 bits per heavy atom. The average molecular weight is 241 g/mol. The molecule has 1 aromatic carbocycles. The van der Waals surface area contributed by atoms with Crippen molar-refractivity contribution in [1.82, 2.24) is 0 Å². The van der Waals surface area contributed by atoms with Crippen molar-refractivity contribution in [2.24, 2.45) is 5.73 Å². The third kappa shape index (κ3) is 3.22. The lowest BCUT2D eigenvalue weighted by Gasteiger charge is -2.10. The molecule has 0 aliphatic carbocycles. The lowest BCUT2D eigenvalue weighted by Crippen LogP contribution is -2.35. The number of nitrogens with zero attached hydrogens (tertiary/aromatic N) is 1. The molecule has 6 nitrogen and oxygen atoms in total. The van der Waals surface area contributed by atoms with Gasteiger partial charge in [0.05, 0.1) is 22.7 Å². The normalized spacial score (nSPS) is 11.9. The highest BCUT2D eigenvalue weighted by molar-refractivity contribution is 5.94. The van der Waals surface area contributed by atoms with Gasteiger partial charge in [0.15, 0.2) is 5.82 Å². The number of benzene rings is 1. The van der Waals surface area contributed by atoms with Gasteiger partial charge in [0, 0.05) is 6.07 Å². The highest BCUT2D eigenvalue weighted by atomic mass is 19.1. The fourth-order valence-electron chi connectivity index (χ4n) is 1.13. The predicted molar refractivity (Wildman–Crippen MR) is 60.0 cm³/mol. The highest BCUT2D eigenvalue weighted by Gasteiger charge is 2.15. The van der Waals surface area contributed by atoms with Gasteiger partial charge in [-0.3, -0.25) is 14.9 Å². The lowest BCUT2D eigenvalue weighted by molar-refractivity contribution is -0.385. The molecule has 92 valence electrons. The van der Waals surface area contributed by atoms with Crippen molar-refractivity contribution in [3.63, 3.8) is 0 Å². The van der Waals surface area contributed by atoms with Crippen LogP contribution in [0.15, 0.2) is 18.2 Å². The van der Waals surface area contributed by atoms with Gasteiger partial charge in [0.2, 0.25) is 5.91 Å². The topological polar surface area (TPSA) is 98.3 Å². The Kier molecular flexibility index (Phi) is 4.11. The van der Waals surface area contributed by atoms with E-state index >= 15 is 0 Å². The van der Waals surface area contributed by atoms with Crippen LogP contribution < -0.4 is 11.1 Å². The van der Waals surface area contributed by atoms with Gasteiger partial charge in [-0.15, -0.1) is 0 Å². The quantitative estimate of drug-likeness (QED) is 0.615. The van der Waals surface area contributed by atoms with Crippen molar-refractivity contribution in [1.29, 1.82) is 0 Å². The zero-order valence-electron chi connectivity index (χ0n) is 9.14. The summed E-state index contributed by atoms with van der Waals surface area (Å²) in [7, 11) is 0. The molecule has 1 amide bonds. The fraction of sp³-hybridized carbons (Fsp3) is 0.300. The second-order valence-corrected chi connectivity index (χ2v) is 3.43. The van der Waals surface area contributed by atoms with Gasteiger partial charge in [-0.1, -0.05) is 6.92 Å². The number of nitrogens with one attached hydrogen (secondary N) is 1. The number of nitro groups is 1. The van der Waals surface area contributed by atoms with E-state index in [-0.39, 0.29) is 11.4 Å². The van der Waals surface area contributed by atoms with Crippen LogP contribution in [0.3, 0.4) is 0 Å². The molecule has 1 unspecified atom stereocenters. The number of carbonyl (C=O) groups is 1. The van der Waals surface area contributed by atoms with Crippen LogP contribution in [0.1, 0.15) is 13.3 Å². The summed E-state index contributed by atoms with van der Waals surface area (Å²) < 4.78 is 13.4. The van der Waals surface area contributed by atoms with Crippen LogP contribution in [0.25, 0.3) is 0 Å². The Morgan fingerprint density at radius 1 is 1.65 bits per heavy atom. The molecular weight excluding hydrogens is 229 g/mol. The number of nitrogens with two attached hydrogens (primary N) is 1. The van der Waals surface area contributed by atoms with Gasteiger partial charge in [-0.05, 0) is 12.5 Å². The molecular formula is C10H12FN3O3. The van der Waals surface area contributed by atoms with E-state index in [1.165, 1.54) is 0 Å². The van der Waals surface area contributed by atoms with Gasteiger partial charge in [-0.2, -0.15) is 0 Å². The SMILES string of the molecule is CCC(N)C(=O)Nc1ccc([N+](=O)[O-])cc1F. The van der Waals surface area contributed by atoms with Crippen molar-refractivity contribution in [3.05, 3.63) is 34.1 Å². The smallest absolute Gasteiger partial charge is 0.272 e. The van der Waals surface area contributed by atoms with E-state index in [4.69, 9.17) is 5.73 Å². The summed E-state index contributed by atoms with van der Waals surface area (Å²) in [5, 5.41) is 12.6. The number of non-ortho nitro benzene ring substituents is 1. The van der Waals surface area contributed by atoms with E-state index in [1.807, 2.05) is 0 Å². The van der Waals surface area contributed by atoms with E-state index in [1.54, 1.807) is 6.92 Å². The van der Waals surface area contributed by atoms with Gasteiger partial charge in [0.25, 0.3) is 5.69 Å². The Morgan fingerprint density at radius 2 is 2.29 bits per heavy atom. The van der Waals surface area contributed by atoms with Gasteiger partial charge in [0.1, 0.15) is 0 Å². The van der Waals surface area contributed by atoms with Crippen LogP contribution in [0.5, 0.6) is 0 Å². The minimum absolute atomic E-state index is 0.121. The second-order valence-electron chi connectivity index (χ2n) is 3.43. The van der Waals surface area contributed by atoms with Crippen molar-refractivity contribution in [2.45, 2.75) is 19.4 Å². The Labute approximate surface area is 96.8 Å². The van der Waals surface area contributed by atoms with E-state index in [0.717, 1.165) is 18.2 Å². The molecule has 3 N–H and O–H groups in total. The van der Waals surface area contributed by atoms with Gasteiger partial charge < -0.3 is 11.1 Å². The third-order valence-electron chi connectivity index (χ3n) is 2.20. The molecule has 1 rings (SSSR count). The maximum Gasteiger partial charge on any atom is 0.272 e. The first kappa shape index (κ1) is 13.0. The summed E-state index contributed by atoms with van der Waals surface area (Å²) in [5.41, 5.74) is 4.95. The first-order valence-electron chi connectivity index (χ1n) is 4.96. The maximum atomic E-state index is 13.4. The largest absolute Gasteiger partial charge is 0.322 e. The first-order valence-corrected chi connectivity index (χ1v) is 4.96.